The number of aromatic amines is 1. The van der Waals surface area contributed by atoms with Gasteiger partial charge >= 0.3 is 0 Å². The first kappa shape index (κ1) is 18.8. The molecule has 4 aromatic heterocycles. The highest BCUT2D eigenvalue weighted by Gasteiger charge is 2.22. The molecule has 5 rings (SSSR count). The van der Waals surface area contributed by atoms with Crippen molar-refractivity contribution >= 4 is 11.0 Å². The van der Waals surface area contributed by atoms with Crippen LogP contribution in [0.5, 0.6) is 5.75 Å². The largest absolute Gasteiger partial charge is 0.489 e. The van der Waals surface area contributed by atoms with E-state index >= 15 is 0 Å². The molecule has 152 valence electrons. The lowest BCUT2D eigenvalue weighted by atomic mass is 10.0. The summed E-state index contributed by atoms with van der Waals surface area (Å²) in [5, 5.41) is 0. The van der Waals surface area contributed by atoms with Crippen molar-refractivity contribution in [1.29, 1.82) is 0 Å². The van der Waals surface area contributed by atoms with Gasteiger partial charge in [-0.3, -0.25) is 15.0 Å². The maximum atomic E-state index is 6.22. The van der Waals surface area contributed by atoms with Gasteiger partial charge in [0.1, 0.15) is 23.4 Å². The zero-order valence-corrected chi connectivity index (χ0v) is 17.2. The molecular weight excluding hydrogens is 376 g/mol. The van der Waals surface area contributed by atoms with Crippen LogP contribution in [0.1, 0.15) is 24.2 Å². The fourth-order valence-electron chi connectivity index (χ4n) is 4.00. The summed E-state index contributed by atoms with van der Waals surface area (Å²) in [5.41, 5.74) is 7.45. The number of nitrogens with one attached hydrogen (secondary N) is 1. The molecule has 0 amide bonds. The molecule has 5 heterocycles. The lowest BCUT2D eigenvalue weighted by Crippen LogP contribution is -2.16. The van der Waals surface area contributed by atoms with Crippen molar-refractivity contribution in [2.45, 2.75) is 32.8 Å². The van der Waals surface area contributed by atoms with Crippen LogP contribution in [-0.4, -0.2) is 39.3 Å². The number of rotatable bonds is 5. The van der Waals surface area contributed by atoms with Crippen LogP contribution in [-0.2, 0) is 4.74 Å². The molecule has 0 aromatic carbocycles. The van der Waals surface area contributed by atoms with E-state index in [9.17, 15) is 0 Å². The number of aryl methyl sites for hydroxylation is 2. The molecule has 0 saturated carbocycles. The molecule has 0 radical (unpaired) electrons. The topological polar surface area (TPSA) is 72.9 Å². The Bertz CT molecular complexity index is 1180. The number of fused-ring (bicyclic) bond motifs is 1. The molecule has 6 heteroatoms. The van der Waals surface area contributed by atoms with Crippen molar-refractivity contribution in [2.75, 3.05) is 13.2 Å². The van der Waals surface area contributed by atoms with Gasteiger partial charge < -0.3 is 14.5 Å². The number of hydrogen-bond acceptors (Lipinski definition) is 5. The van der Waals surface area contributed by atoms with Gasteiger partial charge in [-0.15, -0.1) is 0 Å². The van der Waals surface area contributed by atoms with Gasteiger partial charge in [0.05, 0.1) is 23.1 Å². The first-order valence-corrected chi connectivity index (χ1v) is 10.3. The van der Waals surface area contributed by atoms with E-state index in [1.165, 1.54) is 0 Å². The maximum Gasteiger partial charge on any atom is 0.146 e. The van der Waals surface area contributed by atoms with Crippen LogP contribution in [0.4, 0.5) is 0 Å². The minimum atomic E-state index is 0.154. The molecule has 6 nitrogen and oxygen atoms in total. The highest BCUT2D eigenvalue weighted by atomic mass is 16.5. The van der Waals surface area contributed by atoms with E-state index in [4.69, 9.17) is 14.5 Å². The molecule has 4 aromatic rings. The zero-order chi connectivity index (χ0) is 20.5. The smallest absolute Gasteiger partial charge is 0.146 e. The van der Waals surface area contributed by atoms with Crippen LogP contribution in [0.25, 0.3) is 33.5 Å². The summed E-state index contributed by atoms with van der Waals surface area (Å²) in [6, 6.07) is 12.0. The van der Waals surface area contributed by atoms with Crippen molar-refractivity contribution in [3.8, 4) is 28.3 Å². The van der Waals surface area contributed by atoms with Gasteiger partial charge in [0, 0.05) is 42.0 Å². The van der Waals surface area contributed by atoms with Crippen molar-refractivity contribution in [1.82, 2.24) is 19.9 Å². The predicted molar refractivity (Wildman–Crippen MR) is 116 cm³/mol. The van der Waals surface area contributed by atoms with Crippen molar-refractivity contribution in [2.24, 2.45) is 0 Å². The molecule has 1 N–H and O–H groups in total. The molecule has 1 unspecified atom stereocenters. The fraction of sp³-hybridized carbons (Fsp3) is 0.292. The molecule has 0 aliphatic carbocycles. The van der Waals surface area contributed by atoms with Gasteiger partial charge in [0.15, 0.2) is 0 Å². The predicted octanol–water partition coefficient (Wildman–Crippen LogP) is 4.86. The fourth-order valence-corrected chi connectivity index (χ4v) is 4.00. The van der Waals surface area contributed by atoms with E-state index in [-0.39, 0.29) is 6.10 Å². The number of nitrogens with zero attached hydrogens (tertiary/aromatic N) is 3. The first-order valence-electron chi connectivity index (χ1n) is 10.3. The Morgan fingerprint density at radius 1 is 1.10 bits per heavy atom. The van der Waals surface area contributed by atoms with Crippen molar-refractivity contribution < 1.29 is 9.47 Å². The van der Waals surface area contributed by atoms with Crippen LogP contribution in [0, 0.1) is 13.8 Å². The highest BCUT2D eigenvalue weighted by Crippen LogP contribution is 2.40. The maximum absolute atomic E-state index is 6.22. The number of H-pyrrole nitrogens is 1. The number of hydrogen-bond donors (Lipinski definition) is 1. The summed E-state index contributed by atoms with van der Waals surface area (Å²) in [4.78, 5) is 17.4. The standard InChI is InChI=1S/C24H24N4O2/c1-15-12-17(8-10-25-15)22-21(19-7-3-4-9-26-19)24-23(28-22)20(13-16(2)27-24)30-14-18-6-5-11-29-18/h3-4,7-10,12-13,18,28H,5-6,11,14H2,1-2H3. The average molecular weight is 400 g/mol. The van der Waals surface area contributed by atoms with Crippen LogP contribution < -0.4 is 4.74 Å². The first-order chi connectivity index (χ1) is 14.7. The Morgan fingerprint density at radius 2 is 2.03 bits per heavy atom. The summed E-state index contributed by atoms with van der Waals surface area (Å²) >= 11 is 0. The molecular formula is C24H24N4O2. The molecule has 0 bridgehead atoms. The van der Waals surface area contributed by atoms with Gasteiger partial charge in [0.25, 0.3) is 0 Å². The third-order valence-corrected chi connectivity index (χ3v) is 5.40. The van der Waals surface area contributed by atoms with E-state index in [0.717, 1.165) is 70.1 Å². The molecule has 1 aliphatic rings. The minimum Gasteiger partial charge on any atom is -0.489 e. The second-order valence-electron chi connectivity index (χ2n) is 7.71. The second kappa shape index (κ2) is 7.88. The van der Waals surface area contributed by atoms with Gasteiger partial charge in [-0.1, -0.05) is 6.07 Å². The summed E-state index contributed by atoms with van der Waals surface area (Å²) in [6.07, 6.45) is 5.92. The van der Waals surface area contributed by atoms with E-state index in [1.54, 1.807) is 6.20 Å². The molecule has 1 saturated heterocycles. The van der Waals surface area contributed by atoms with Gasteiger partial charge in [0.2, 0.25) is 0 Å². The lowest BCUT2D eigenvalue weighted by Gasteiger charge is -2.12. The van der Waals surface area contributed by atoms with Crippen LogP contribution in [0.3, 0.4) is 0 Å². The van der Waals surface area contributed by atoms with Crippen molar-refractivity contribution in [3.05, 3.63) is 60.2 Å². The van der Waals surface area contributed by atoms with Gasteiger partial charge in [-0.2, -0.15) is 0 Å². The van der Waals surface area contributed by atoms with Crippen LogP contribution >= 0.6 is 0 Å². The van der Waals surface area contributed by atoms with Crippen LogP contribution in [0.2, 0.25) is 0 Å². The Balaban J connectivity index is 1.69. The molecule has 30 heavy (non-hydrogen) atoms. The van der Waals surface area contributed by atoms with E-state index in [0.29, 0.717) is 6.61 Å². The monoisotopic (exact) mass is 400 g/mol. The molecule has 1 aliphatic heterocycles. The second-order valence-corrected chi connectivity index (χ2v) is 7.71. The third-order valence-electron chi connectivity index (χ3n) is 5.40. The third kappa shape index (κ3) is 3.55. The summed E-state index contributed by atoms with van der Waals surface area (Å²) < 4.78 is 11.9. The SMILES string of the molecule is Cc1cc(-c2[nH]c3c(OCC4CCCO4)cc(C)nc3c2-c2ccccn2)ccn1. The lowest BCUT2D eigenvalue weighted by molar-refractivity contribution is 0.0684. The zero-order valence-electron chi connectivity index (χ0n) is 17.2. The average Bonchev–Trinajstić information content (AvgIpc) is 3.40. The number of ether oxygens (including phenoxy) is 2. The Kier molecular flexibility index (Phi) is 4.93. The summed E-state index contributed by atoms with van der Waals surface area (Å²) in [7, 11) is 0. The Hall–Kier alpha value is -3.25. The minimum absolute atomic E-state index is 0.154. The van der Waals surface area contributed by atoms with E-state index in [2.05, 4.69) is 21.0 Å². The number of pyridine rings is 3. The quantitative estimate of drug-likeness (QED) is 0.518. The van der Waals surface area contributed by atoms with Crippen LogP contribution in [0.15, 0.2) is 48.8 Å². The summed E-state index contributed by atoms with van der Waals surface area (Å²) in [5.74, 6) is 0.794. The van der Waals surface area contributed by atoms with Crippen molar-refractivity contribution in [3.63, 3.8) is 0 Å². The van der Waals surface area contributed by atoms with Gasteiger partial charge in [-0.05, 0) is 51.0 Å². The molecule has 1 fully saturated rings. The Labute approximate surface area is 175 Å². The summed E-state index contributed by atoms with van der Waals surface area (Å²) in [6.45, 7) is 5.34. The molecule has 0 spiro atoms. The molecule has 1 atom stereocenters. The highest BCUT2D eigenvalue weighted by molar-refractivity contribution is 6.02. The Morgan fingerprint density at radius 3 is 2.80 bits per heavy atom. The normalized spacial score (nSPS) is 16.3. The van der Waals surface area contributed by atoms with E-state index in [1.807, 2.05) is 50.4 Å². The number of aromatic nitrogens is 4. The van der Waals surface area contributed by atoms with Gasteiger partial charge in [-0.25, -0.2) is 0 Å². The van der Waals surface area contributed by atoms with E-state index < -0.39 is 0 Å².